The SMILES string of the molecule is C[C@@H](CO)NC(=O)C1=NN(C)C(=O)CC1. The number of carbonyl (C=O) groups is 2. The summed E-state index contributed by atoms with van der Waals surface area (Å²) in [6.45, 7) is 1.57. The van der Waals surface area contributed by atoms with Crippen molar-refractivity contribution < 1.29 is 14.7 Å². The fourth-order valence-corrected chi connectivity index (χ4v) is 1.19. The number of nitrogens with one attached hydrogen (secondary N) is 1. The first-order valence-corrected chi connectivity index (χ1v) is 4.80. The molecule has 0 saturated carbocycles. The van der Waals surface area contributed by atoms with E-state index in [1.807, 2.05) is 0 Å². The van der Waals surface area contributed by atoms with Crippen LogP contribution in [-0.4, -0.2) is 47.3 Å². The predicted molar refractivity (Wildman–Crippen MR) is 54.1 cm³/mol. The number of hydrogen-bond donors (Lipinski definition) is 2. The van der Waals surface area contributed by atoms with Crippen LogP contribution in [0.5, 0.6) is 0 Å². The third-order valence-electron chi connectivity index (χ3n) is 2.12. The van der Waals surface area contributed by atoms with Crippen molar-refractivity contribution >= 4 is 17.5 Å². The van der Waals surface area contributed by atoms with Gasteiger partial charge in [-0.05, 0) is 6.92 Å². The van der Waals surface area contributed by atoms with Crippen molar-refractivity contribution in [3.8, 4) is 0 Å². The van der Waals surface area contributed by atoms with Crippen LogP contribution in [0.2, 0.25) is 0 Å². The smallest absolute Gasteiger partial charge is 0.267 e. The van der Waals surface area contributed by atoms with E-state index in [1.54, 1.807) is 6.92 Å². The van der Waals surface area contributed by atoms with Crippen LogP contribution in [0.15, 0.2) is 5.10 Å². The minimum absolute atomic E-state index is 0.0956. The standard InChI is InChI=1S/C9H15N3O3/c1-6(5-13)10-9(15)7-3-4-8(14)12(2)11-7/h6,13H,3-5H2,1-2H3,(H,10,15)/t6-/m0/s1. The van der Waals surface area contributed by atoms with Gasteiger partial charge in [-0.15, -0.1) is 0 Å². The molecule has 0 spiro atoms. The van der Waals surface area contributed by atoms with Gasteiger partial charge in [-0.3, -0.25) is 9.59 Å². The molecule has 15 heavy (non-hydrogen) atoms. The molecule has 0 aromatic rings. The van der Waals surface area contributed by atoms with Crippen molar-refractivity contribution in [1.29, 1.82) is 0 Å². The van der Waals surface area contributed by atoms with Gasteiger partial charge in [0.1, 0.15) is 5.71 Å². The van der Waals surface area contributed by atoms with Gasteiger partial charge in [0, 0.05) is 25.9 Å². The molecule has 1 rings (SSSR count). The zero-order chi connectivity index (χ0) is 11.4. The molecule has 0 unspecified atom stereocenters. The van der Waals surface area contributed by atoms with E-state index < -0.39 is 0 Å². The maximum absolute atomic E-state index is 11.5. The van der Waals surface area contributed by atoms with E-state index in [0.717, 1.165) is 0 Å². The van der Waals surface area contributed by atoms with Crippen LogP contribution >= 0.6 is 0 Å². The van der Waals surface area contributed by atoms with Crippen LogP contribution in [0.3, 0.4) is 0 Å². The molecule has 6 heteroatoms. The fourth-order valence-electron chi connectivity index (χ4n) is 1.19. The monoisotopic (exact) mass is 213 g/mol. The summed E-state index contributed by atoms with van der Waals surface area (Å²) < 4.78 is 0. The number of carbonyl (C=O) groups excluding carboxylic acids is 2. The fraction of sp³-hybridized carbons (Fsp3) is 0.667. The molecular weight excluding hydrogens is 198 g/mol. The van der Waals surface area contributed by atoms with Gasteiger partial charge in [0.05, 0.1) is 6.61 Å². The van der Waals surface area contributed by atoms with Gasteiger partial charge < -0.3 is 10.4 Å². The Kier molecular flexibility index (Phi) is 3.79. The van der Waals surface area contributed by atoms with Crippen LogP contribution in [-0.2, 0) is 9.59 Å². The second-order valence-electron chi connectivity index (χ2n) is 3.52. The average Bonchev–Trinajstić information content (AvgIpc) is 2.21. The summed E-state index contributed by atoms with van der Waals surface area (Å²) in [4.78, 5) is 22.6. The van der Waals surface area contributed by atoms with E-state index in [9.17, 15) is 9.59 Å². The van der Waals surface area contributed by atoms with Gasteiger partial charge in [0.2, 0.25) is 5.91 Å². The lowest BCUT2D eigenvalue weighted by molar-refractivity contribution is -0.130. The molecule has 0 bridgehead atoms. The van der Waals surface area contributed by atoms with Gasteiger partial charge in [-0.1, -0.05) is 0 Å². The zero-order valence-electron chi connectivity index (χ0n) is 8.86. The van der Waals surface area contributed by atoms with E-state index in [2.05, 4.69) is 10.4 Å². The molecule has 0 aromatic heterocycles. The first-order valence-electron chi connectivity index (χ1n) is 4.80. The Hall–Kier alpha value is -1.43. The molecule has 1 aliphatic rings. The normalized spacial score (nSPS) is 18.5. The second-order valence-corrected chi connectivity index (χ2v) is 3.52. The number of hydrazone groups is 1. The molecule has 0 radical (unpaired) electrons. The van der Waals surface area contributed by atoms with Crippen LogP contribution in [0.25, 0.3) is 0 Å². The minimum Gasteiger partial charge on any atom is -0.394 e. The quantitative estimate of drug-likeness (QED) is 0.637. The van der Waals surface area contributed by atoms with Crippen molar-refractivity contribution in [2.24, 2.45) is 5.10 Å². The van der Waals surface area contributed by atoms with Crippen LogP contribution < -0.4 is 5.32 Å². The van der Waals surface area contributed by atoms with E-state index in [0.29, 0.717) is 18.6 Å². The van der Waals surface area contributed by atoms with Crippen LogP contribution in [0.1, 0.15) is 19.8 Å². The lowest BCUT2D eigenvalue weighted by atomic mass is 10.1. The van der Waals surface area contributed by atoms with Gasteiger partial charge in [-0.25, -0.2) is 5.01 Å². The average molecular weight is 213 g/mol. The number of aliphatic hydroxyl groups is 1. The molecule has 2 amide bonds. The van der Waals surface area contributed by atoms with Crippen molar-refractivity contribution in [2.75, 3.05) is 13.7 Å². The molecule has 84 valence electrons. The maximum Gasteiger partial charge on any atom is 0.267 e. The summed E-state index contributed by atoms with van der Waals surface area (Å²) in [5, 5.41) is 16.4. The Balaban J connectivity index is 2.61. The van der Waals surface area contributed by atoms with Gasteiger partial charge in [-0.2, -0.15) is 5.10 Å². The molecule has 0 fully saturated rings. The first-order chi connectivity index (χ1) is 7.04. The van der Waals surface area contributed by atoms with E-state index in [4.69, 9.17) is 5.11 Å². The third-order valence-corrected chi connectivity index (χ3v) is 2.12. The summed E-state index contributed by atoms with van der Waals surface area (Å²) >= 11 is 0. The minimum atomic E-state index is -0.323. The number of rotatable bonds is 3. The lowest BCUT2D eigenvalue weighted by Gasteiger charge is -2.20. The molecule has 1 aliphatic heterocycles. The molecule has 2 N–H and O–H groups in total. The van der Waals surface area contributed by atoms with E-state index >= 15 is 0 Å². The highest BCUT2D eigenvalue weighted by atomic mass is 16.3. The summed E-state index contributed by atoms with van der Waals surface area (Å²) in [7, 11) is 1.52. The van der Waals surface area contributed by atoms with Gasteiger partial charge >= 0.3 is 0 Å². The van der Waals surface area contributed by atoms with Crippen molar-refractivity contribution in [2.45, 2.75) is 25.8 Å². The summed E-state index contributed by atoms with van der Waals surface area (Å²) in [5.74, 6) is -0.419. The Morgan fingerprint density at radius 3 is 2.87 bits per heavy atom. The number of nitrogens with zero attached hydrogens (tertiary/aromatic N) is 2. The zero-order valence-corrected chi connectivity index (χ0v) is 8.86. The lowest BCUT2D eigenvalue weighted by Crippen LogP contribution is -2.42. The van der Waals surface area contributed by atoms with Crippen molar-refractivity contribution in [3.63, 3.8) is 0 Å². The molecule has 1 atom stereocenters. The van der Waals surface area contributed by atoms with Crippen LogP contribution in [0.4, 0.5) is 0 Å². The van der Waals surface area contributed by atoms with Gasteiger partial charge in [0.15, 0.2) is 0 Å². The maximum atomic E-state index is 11.5. The van der Waals surface area contributed by atoms with E-state index in [-0.39, 0.29) is 24.5 Å². The Morgan fingerprint density at radius 2 is 2.33 bits per heavy atom. The first kappa shape index (κ1) is 11.6. The summed E-state index contributed by atoms with van der Waals surface area (Å²) in [5.41, 5.74) is 0.331. The predicted octanol–water partition coefficient (Wildman–Crippen LogP) is -0.908. The molecule has 1 heterocycles. The summed E-state index contributed by atoms with van der Waals surface area (Å²) in [6, 6.07) is -0.303. The highest BCUT2D eigenvalue weighted by Gasteiger charge is 2.22. The highest BCUT2D eigenvalue weighted by molar-refractivity contribution is 6.39. The van der Waals surface area contributed by atoms with Crippen molar-refractivity contribution in [1.82, 2.24) is 10.3 Å². The van der Waals surface area contributed by atoms with Crippen molar-refractivity contribution in [3.05, 3.63) is 0 Å². The molecule has 0 saturated heterocycles. The molecule has 0 aromatic carbocycles. The third kappa shape index (κ3) is 3.02. The topological polar surface area (TPSA) is 82.0 Å². The largest absolute Gasteiger partial charge is 0.394 e. The second kappa shape index (κ2) is 4.88. The number of aliphatic hydroxyl groups excluding tert-OH is 1. The molecule has 6 nitrogen and oxygen atoms in total. The Labute approximate surface area is 87.9 Å². The Bertz CT molecular complexity index is 301. The van der Waals surface area contributed by atoms with Gasteiger partial charge in [0.25, 0.3) is 5.91 Å². The highest BCUT2D eigenvalue weighted by Crippen LogP contribution is 2.06. The number of hydrogen-bond acceptors (Lipinski definition) is 4. The molecular formula is C9H15N3O3. The molecule has 0 aliphatic carbocycles. The summed E-state index contributed by atoms with van der Waals surface area (Å²) in [6.07, 6.45) is 0.656. The van der Waals surface area contributed by atoms with E-state index in [1.165, 1.54) is 12.1 Å². The Morgan fingerprint density at radius 1 is 1.67 bits per heavy atom. The number of amides is 2. The van der Waals surface area contributed by atoms with Crippen LogP contribution in [0, 0.1) is 0 Å².